The van der Waals surface area contributed by atoms with Crippen LogP contribution in [0.4, 0.5) is 5.69 Å². The van der Waals surface area contributed by atoms with Crippen LogP contribution >= 0.6 is 0 Å². The van der Waals surface area contributed by atoms with Crippen LogP contribution in [0.1, 0.15) is 26.9 Å². The highest BCUT2D eigenvalue weighted by molar-refractivity contribution is 7.89. The molecule has 0 heterocycles. The van der Waals surface area contributed by atoms with Gasteiger partial charge in [-0.3, -0.25) is 0 Å². The minimum absolute atomic E-state index is 0.0298. The number of hydrogen-bond donors (Lipinski definition) is 2. The number of carboxylic acid groups (broad SMARTS) is 1. The SMILES string of the molecule is [2H]C([2H])(C)N(CC)c1cc(C(=O)O)cc(S(N)(=O)=O)c1Oc1ccccc1. The number of benzene rings is 2. The van der Waals surface area contributed by atoms with Crippen molar-refractivity contribution in [1.29, 1.82) is 0 Å². The zero-order valence-corrected chi connectivity index (χ0v) is 14.6. The van der Waals surface area contributed by atoms with Gasteiger partial charge >= 0.3 is 5.97 Å². The third-order valence-electron chi connectivity index (χ3n) is 3.43. The van der Waals surface area contributed by atoms with Gasteiger partial charge in [0, 0.05) is 15.8 Å². The summed E-state index contributed by atoms with van der Waals surface area (Å²) in [7, 11) is -4.36. The van der Waals surface area contributed by atoms with Crippen molar-refractivity contribution in [2.75, 3.05) is 17.9 Å². The van der Waals surface area contributed by atoms with Crippen molar-refractivity contribution in [2.24, 2.45) is 5.14 Å². The molecule has 0 amide bonds. The van der Waals surface area contributed by atoms with E-state index in [0.29, 0.717) is 5.75 Å². The van der Waals surface area contributed by atoms with E-state index in [4.69, 9.17) is 12.6 Å². The fraction of sp³-hybridized carbons (Fsp3) is 0.235. The topological polar surface area (TPSA) is 110 Å². The van der Waals surface area contributed by atoms with E-state index in [2.05, 4.69) is 0 Å². The molecule has 0 radical (unpaired) electrons. The molecule has 0 spiro atoms. The molecule has 0 aliphatic rings. The zero-order chi connectivity index (χ0) is 20.4. The van der Waals surface area contributed by atoms with Gasteiger partial charge in [0.15, 0.2) is 5.75 Å². The predicted octanol–water partition coefficient (Wildman–Crippen LogP) is 2.67. The lowest BCUT2D eigenvalue weighted by molar-refractivity contribution is 0.0696. The molecule has 0 saturated heterocycles. The molecule has 0 fully saturated rings. The van der Waals surface area contributed by atoms with Crippen molar-refractivity contribution in [1.82, 2.24) is 0 Å². The molecular weight excluding hydrogens is 344 g/mol. The molecule has 25 heavy (non-hydrogen) atoms. The molecule has 0 aliphatic carbocycles. The number of nitrogens with zero attached hydrogens (tertiary/aromatic N) is 1. The van der Waals surface area contributed by atoms with E-state index in [1.165, 1.54) is 17.9 Å². The number of hydrogen-bond acceptors (Lipinski definition) is 5. The molecule has 7 nitrogen and oxygen atoms in total. The van der Waals surface area contributed by atoms with E-state index in [9.17, 15) is 18.3 Å². The first-order valence-corrected chi connectivity index (χ1v) is 8.94. The van der Waals surface area contributed by atoms with Gasteiger partial charge in [-0.25, -0.2) is 18.4 Å². The number of ether oxygens (including phenoxy) is 1. The van der Waals surface area contributed by atoms with Crippen molar-refractivity contribution in [3.05, 3.63) is 48.0 Å². The van der Waals surface area contributed by atoms with Gasteiger partial charge in [-0.1, -0.05) is 18.2 Å². The number of anilines is 1. The molecule has 2 rings (SSSR count). The molecule has 8 heteroatoms. The molecule has 0 aliphatic heterocycles. The lowest BCUT2D eigenvalue weighted by Gasteiger charge is -2.25. The maximum Gasteiger partial charge on any atom is 0.335 e. The number of sulfonamides is 1. The van der Waals surface area contributed by atoms with Crippen LogP contribution in [0.5, 0.6) is 11.5 Å². The minimum Gasteiger partial charge on any atom is -0.478 e. The number of nitrogens with two attached hydrogens (primary N) is 1. The highest BCUT2D eigenvalue weighted by Gasteiger charge is 2.25. The Bertz CT molecular complexity index is 944. The van der Waals surface area contributed by atoms with Gasteiger partial charge in [0.1, 0.15) is 10.6 Å². The first-order chi connectivity index (χ1) is 12.4. The summed E-state index contributed by atoms with van der Waals surface area (Å²) in [6.07, 6.45) is 0. The summed E-state index contributed by atoms with van der Waals surface area (Å²) in [5.74, 6) is -1.32. The van der Waals surface area contributed by atoms with E-state index in [1.807, 2.05) is 0 Å². The van der Waals surface area contributed by atoms with Gasteiger partial charge in [-0.05, 0) is 38.1 Å². The van der Waals surface area contributed by atoms with Gasteiger partial charge < -0.3 is 14.7 Å². The van der Waals surface area contributed by atoms with Gasteiger partial charge in [0.2, 0.25) is 10.0 Å². The standard InChI is InChI=1S/C17H20N2O5S/c1-3-19(4-2)14-10-12(17(20)21)11-15(25(18,22)23)16(14)24-13-8-6-5-7-9-13/h5-11H,3-4H2,1-2H3,(H,20,21)(H2,18,22,23)/i3D2. The zero-order valence-electron chi connectivity index (χ0n) is 15.8. The second kappa shape index (κ2) is 7.54. The Morgan fingerprint density at radius 1 is 1.28 bits per heavy atom. The van der Waals surface area contributed by atoms with Crippen molar-refractivity contribution in [3.8, 4) is 11.5 Å². The average molecular weight is 366 g/mol. The molecule has 3 N–H and O–H groups in total. The van der Waals surface area contributed by atoms with Gasteiger partial charge in [-0.2, -0.15) is 0 Å². The Kier molecular flexibility index (Phi) is 4.80. The fourth-order valence-electron chi connectivity index (χ4n) is 2.28. The van der Waals surface area contributed by atoms with Crippen molar-refractivity contribution in [2.45, 2.75) is 18.7 Å². The molecule has 2 aromatic rings. The first-order valence-electron chi connectivity index (χ1n) is 8.40. The summed E-state index contributed by atoms with van der Waals surface area (Å²) in [6.45, 7) is 1.13. The van der Waals surface area contributed by atoms with Crippen LogP contribution in [0.3, 0.4) is 0 Å². The van der Waals surface area contributed by atoms with Crippen LogP contribution in [0.25, 0.3) is 0 Å². The van der Waals surface area contributed by atoms with Crippen LogP contribution < -0.4 is 14.8 Å². The summed E-state index contributed by atoms with van der Waals surface area (Å²) < 4.78 is 46.0. The summed E-state index contributed by atoms with van der Waals surface area (Å²) in [4.78, 5) is 12.1. The molecule has 134 valence electrons. The number of carbonyl (C=O) groups is 1. The summed E-state index contributed by atoms with van der Waals surface area (Å²) in [5, 5.41) is 14.6. The first kappa shape index (κ1) is 15.9. The molecular formula is C17H20N2O5S. The van der Waals surface area contributed by atoms with E-state index < -0.39 is 27.4 Å². The van der Waals surface area contributed by atoms with E-state index >= 15 is 0 Å². The second-order valence-electron chi connectivity index (χ2n) is 5.06. The van der Waals surface area contributed by atoms with Gasteiger partial charge in [0.25, 0.3) is 0 Å². The Hall–Kier alpha value is -2.58. The highest BCUT2D eigenvalue weighted by Crippen LogP contribution is 2.39. The van der Waals surface area contributed by atoms with E-state index in [-0.39, 0.29) is 23.5 Å². The average Bonchev–Trinajstić information content (AvgIpc) is 2.55. The summed E-state index contributed by atoms with van der Waals surface area (Å²) >= 11 is 0. The fourth-order valence-corrected chi connectivity index (χ4v) is 2.98. The summed E-state index contributed by atoms with van der Waals surface area (Å²) in [5.41, 5.74) is -0.380. The molecule has 0 saturated carbocycles. The van der Waals surface area contributed by atoms with Crippen molar-refractivity contribution in [3.63, 3.8) is 0 Å². The Labute approximate surface area is 149 Å². The minimum atomic E-state index is -4.36. The lowest BCUT2D eigenvalue weighted by Crippen LogP contribution is -2.24. The van der Waals surface area contributed by atoms with Crippen LogP contribution in [0, 0.1) is 0 Å². The molecule has 2 aromatic carbocycles. The summed E-state index contributed by atoms with van der Waals surface area (Å²) in [6, 6.07) is 10.3. The van der Waals surface area contributed by atoms with Crippen LogP contribution in [-0.2, 0) is 10.0 Å². The monoisotopic (exact) mass is 366 g/mol. The predicted molar refractivity (Wildman–Crippen MR) is 94.9 cm³/mol. The molecule has 0 atom stereocenters. The molecule has 0 unspecified atom stereocenters. The maximum absolute atomic E-state index is 12.1. The van der Waals surface area contributed by atoms with Crippen molar-refractivity contribution < 1.29 is 25.8 Å². The highest BCUT2D eigenvalue weighted by atomic mass is 32.2. The smallest absolute Gasteiger partial charge is 0.335 e. The van der Waals surface area contributed by atoms with Gasteiger partial charge in [-0.15, -0.1) is 0 Å². The lowest BCUT2D eigenvalue weighted by atomic mass is 10.1. The molecule has 0 bridgehead atoms. The number of carboxylic acids is 1. The van der Waals surface area contributed by atoms with Crippen LogP contribution in [0.15, 0.2) is 47.4 Å². The number of aromatic carboxylic acids is 1. The number of primary sulfonamides is 1. The second-order valence-corrected chi connectivity index (χ2v) is 6.59. The largest absolute Gasteiger partial charge is 0.478 e. The van der Waals surface area contributed by atoms with Gasteiger partial charge in [0.05, 0.1) is 11.3 Å². The Morgan fingerprint density at radius 3 is 2.40 bits per heavy atom. The van der Waals surface area contributed by atoms with E-state index in [0.717, 1.165) is 6.07 Å². The van der Waals surface area contributed by atoms with Crippen LogP contribution in [-0.4, -0.2) is 32.5 Å². The van der Waals surface area contributed by atoms with Crippen LogP contribution in [0.2, 0.25) is 0 Å². The van der Waals surface area contributed by atoms with E-state index in [1.54, 1.807) is 37.3 Å². The quantitative estimate of drug-likeness (QED) is 0.779. The molecule has 0 aromatic heterocycles. The number of para-hydroxylation sites is 1. The maximum atomic E-state index is 12.1. The number of rotatable bonds is 7. The normalized spacial score (nSPS) is 12.9. The Morgan fingerprint density at radius 2 is 1.92 bits per heavy atom. The Balaban J connectivity index is 2.85. The third-order valence-corrected chi connectivity index (χ3v) is 4.35. The third kappa shape index (κ3) is 4.28. The van der Waals surface area contributed by atoms with Crippen molar-refractivity contribution >= 4 is 21.7 Å².